The number of anilines is 1. The molecule has 0 aliphatic carbocycles. The first-order valence-corrected chi connectivity index (χ1v) is 4.67. The van der Waals surface area contributed by atoms with Crippen molar-refractivity contribution in [2.75, 3.05) is 32.5 Å². The Morgan fingerprint density at radius 2 is 2.07 bits per heavy atom. The molecule has 0 heterocycles. The predicted octanol–water partition coefficient (Wildman–Crippen LogP) is 1.47. The molecule has 0 aliphatic heterocycles. The molecule has 0 atom stereocenters. The number of nitrogens with zero attached hydrogens (tertiary/aromatic N) is 1. The molecule has 1 aromatic carbocycles. The molecule has 1 N–H and O–H groups in total. The maximum absolute atomic E-state index is 10.7. The van der Waals surface area contributed by atoms with E-state index in [0.29, 0.717) is 5.56 Å². The average Bonchev–Trinajstić information content (AvgIpc) is 2.18. The van der Waals surface area contributed by atoms with E-state index in [2.05, 4.69) is 10.2 Å². The first-order valence-electron chi connectivity index (χ1n) is 4.67. The van der Waals surface area contributed by atoms with Crippen LogP contribution < -0.4 is 5.32 Å². The monoisotopic (exact) mass is 192 g/mol. The van der Waals surface area contributed by atoms with Gasteiger partial charge in [0.2, 0.25) is 0 Å². The summed E-state index contributed by atoms with van der Waals surface area (Å²) >= 11 is 0. The molecular formula is C11H16N2O. The molecule has 0 aliphatic rings. The average molecular weight is 192 g/mol. The molecule has 0 radical (unpaired) electrons. The summed E-state index contributed by atoms with van der Waals surface area (Å²) in [4.78, 5) is 12.8. The van der Waals surface area contributed by atoms with Crippen LogP contribution in [0.4, 0.5) is 5.69 Å². The predicted molar refractivity (Wildman–Crippen MR) is 58.9 cm³/mol. The van der Waals surface area contributed by atoms with Gasteiger partial charge >= 0.3 is 0 Å². The van der Waals surface area contributed by atoms with Crippen LogP contribution in [0.15, 0.2) is 24.3 Å². The quantitative estimate of drug-likeness (QED) is 0.717. The fourth-order valence-corrected chi connectivity index (χ4v) is 1.17. The zero-order chi connectivity index (χ0) is 10.4. The van der Waals surface area contributed by atoms with Gasteiger partial charge in [0.15, 0.2) is 6.29 Å². The molecule has 0 unspecified atom stereocenters. The topological polar surface area (TPSA) is 32.3 Å². The number of carbonyl (C=O) groups is 1. The summed E-state index contributed by atoms with van der Waals surface area (Å²) in [6.45, 7) is 1.80. The highest BCUT2D eigenvalue weighted by Gasteiger charge is 1.98. The van der Waals surface area contributed by atoms with Crippen LogP contribution in [0, 0.1) is 0 Å². The van der Waals surface area contributed by atoms with Crippen LogP contribution in [-0.4, -0.2) is 38.4 Å². The Labute approximate surface area is 84.7 Å². The van der Waals surface area contributed by atoms with E-state index in [4.69, 9.17) is 0 Å². The molecule has 0 spiro atoms. The number of benzene rings is 1. The molecule has 3 heteroatoms. The van der Waals surface area contributed by atoms with Crippen LogP contribution in [0.3, 0.4) is 0 Å². The summed E-state index contributed by atoms with van der Waals surface area (Å²) in [7, 11) is 4.04. The minimum Gasteiger partial charge on any atom is -0.383 e. The molecule has 1 rings (SSSR count). The van der Waals surface area contributed by atoms with Gasteiger partial charge in [-0.1, -0.05) is 12.1 Å². The fourth-order valence-electron chi connectivity index (χ4n) is 1.17. The van der Waals surface area contributed by atoms with Gasteiger partial charge in [-0.3, -0.25) is 4.79 Å². The van der Waals surface area contributed by atoms with Gasteiger partial charge in [-0.15, -0.1) is 0 Å². The largest absolute Gasteiger partial charge is 0.383 e. The summed E-state index contributed by atoms with van der Waals surface area (Å²) in [6.07, 6.45) is 0.873. The number of hydrogen-bond donors (Lipinski definition) is 1. The Kier molecular flexibility index (Phi) is 4.13. The maximum atomic E-state index is 10.7. The molecule has 0 bridgehead atoms. The lowest BCUT2D eigenvalue weighted by atomic mass is 10.2. The molecule has 76 valence electrons. The Balaban J connectivity index is 2.53. The maximum Gasteiger partial charge on any atom is 0.152 e. The highest BCUT2D eigenvalue weighted by molar-refractivity contribution is 5.83. The number of carbonyl (C=O) groups excluding carboxylic acids is 1. The van der Waals surface area contributed by atoms with E-state index in [9.17, 15) is 4.79 Å². The molecule has 0 saturated carbocycles. The van der Waals surface area contributed by atoms with Gasteiger partial charge in [0.1, 0.15) is 0 Å². The van der Waals surface area contributed by atoms with E-state index < -0.39 is 0 Å². The summed E-state index contributed by atoms with van der Waals surface area (Å²) < 4.78 is 0. The number of aldehydes is 1. The van der Waals surface area contributed by atoms with Crippen molar-refractivity contribution in [2.45, 2.75) is 0 Å². The third kappa shape index (κ3) is 3.18. The smallest absolute Gasteiger partial charge is 0.152 e. The number of likely N-dealkylation sites (N-methyl/N-ethyl adjacent to an activating group) is 1. The molecule has 0 amide bonds. The summed E-state index contributed by atoms with van der Waals surface area (Å²) in [5.74, 6) is 0. The van der Waals surface area contributed by atoms with Crippen molar-refractivity contribution in [1.82, 2.24) is 4.90 Å². The van der Waals surface area contributed by atoms with E-state index in [-0.39, 0.29) is 0 Å². The van der Waals surface area contributed by atoms with Crippen molar-refractivity contribution < 1.29 is 4.79 Å². The third-order valence-electron chi connectivity index (χ3n) is 1.96. The van der Waals surface area contributed by atoms with Gasteiger partial charge in [-0.2, -0.15) is 0 Å². The number of para-hydroxylation sites is 1. The number of nitrogens with one attached hydrogen (secondary N) is 1. The zero-order valence-corrected chi connectivity index (χ0v) is 8.66. The zero-order valence-electron chi connectivity index (χ0n) is 8.66. The Morgan fingerprint density at radius 1 is 1.36 bits per heavy atom. The van der Waals surface area contributed by atoms with Crippen LogP contribution in [0.1, 0.15) is 10.4 Å². The van der Waals surface area contributed by atoms with Crippen molar-refractivity contribution in [3.05, 3.63) is 29.8 Å². The van der Waals surface area contributed by atoms with E-state index in [1.165, 1.54) is 0 Å². The van der Waals surface area contributed by atoms with Crippen LogP contribution in [-0.2, 0) is 0 Å². The second-order valence-electron chi connectivity index (χ2n) is 3.44. The van der Waals surface area contributed by atoms with Crippen LogP contribution >= 0.6 is 0 Å². The minimum absolute atomic E-state index is 0.714. The Bertz CT molecular complexity index is 297. The second kappa shape index (κ2) is 5.40. The molecule has 0 fully saturated rings. The second-order valence-corrected chi connectivity index (χ2v) is 3.44. The van der Waals surface area contributed by atoms with E-state index >= 15 is 0 Å². The molecule has 14 heavy (non-hydrogen) atoms. The van der Waals surface area contributed by atoms with Gasteiger partial charge in [-0.05, 0) is 26.2 Å². The fraction of sp³-hybridized carbons (Fsp3) is 0.364. The van der Waals surface area contributed by atoms with Gasteiger partial charge < -0.3 is 10.2 Å². The minimum atomic E-state index is 0.714. The third-order valence-corrected chi connectivity index (χ3v) is 1.96. The van der Waals surface area contributed by atoms with Gasteiger partial charge in [0.25, 0.3) is 0 Å². The lowest BCUT2D eigenvalue weighted by Gasteiger charge is -2.12. The van der Waals surface area contributed by atoms with Crippen molar-refractivity contribution in [3.63, 3.8) is 0 Å². The van der Waals surface area contributed by atoms with Gasteiger partial charge in [-0.25, -0.2) is 0 Å². The van der Waals surface area contributed by atoms with Crippen LogP contribution in [0.2, 0.25) is 0 Å². The summed E-state index contributed by atoms with van der Waals surface area (Å²) in [5, 5.41) is 3.22. The van der Waals surface area contributed by atoms with Gasteiger partial charge in [0, 0.05) is 24.3 Å². The SMILES string of the molecule is CN(C)CCNc1ccccc1C=O. The van der Waals surface area contributed by atoms with Crippen LogP contribution in [0.25, 0.3) is 0 Å². The van der Waals surface area contributed by atoms with Gasteiger partial charge in [0.05, 0.1) is 0 Å². The number of hydrogen-bond acceptors (Lipinski definition) is 3. The first kappa shape index (κ1) is 10.7. The standard InChI is InChI=1S/C11H16N2O/c1-13(2)8-7-12-11-6-4-3-5-10(11)9-14/h3-6,9,12H,7-8H2,1-2H3. The molecule has 0 aromatic heterocycles. The van der Waals surface area contributed by atoms with E-state index in [0.717, 1.165) is 25.1 Å². The lowest BCUT2D eigenvalue weighted by Crippen LogP contribution is -2.21. The van der Waals surface area contributed by atoms with Crippen molar-refractivity contribution in [1.29, 1.82) is 0 Å². The van der Waals surface area contributed by atoms with Crippen molar-refractivity contribution in [3.8, 4) is 0 Å². The van der Waals surface area contributed by atoms with E-state index in [1.54, 1.807) is 0 Å². The first-order chi connectivity index (χ1) is 6.74. The molecular weight excluding hydrogens is 176 g/mol. The van der Waals surface area contributed by atoms with Crippen molar-refractivity contribution >= 4 is 12.0 Å². The molecule has 3 nitrogen and oxygen atoms in total. The van der Waals surface area contributed by atoms with Crippen molar-refractivity contribution in [2.24, 2.45) is 0 Å². The lowest BCUT2D eigenvalue weighted by molar-refractivity contribution is 0.112. The summed E-state index contributed by atoms with van der Waals surface area (Å²) in [5.41, 5.74) is 1.62. The highest BCUT2D eigenvalue weighted by atomic mass is 16.1. The normalized spacial score (nSPS) is 10.2. The summed E-state index contributed by atoms with van der Waals surface area (Å²) in [6, 6.07) is 7.51. The Hall–Kier alpha value is -1.35. The molecule has 0 saturated heterocycles. The highest BCUT2D eigenvalue weighted by Crippen LogP contribution is 2.11. The Morgan fingerprint density at radius 3 is 2.71 bits per heavy atom. The van der Waals surface area contributed by atoms with E-state index in [1.807, 2.05) is 38.4 Å². The number of rotatable bonds is 5. The molecule has 1 aromatic rings. The van der Waals surface area contributed by atoms with Crippen LogP contribution in [0.5, 0.6) is 0 Å².